The van der Waals surface area contributed by atoms with Crippen molar-refractivity contribution >= 4 is 35.8 Å². The van der Waals surface area contributed by atoms with Crippen molar-refractivity contribution in [2.24, 2.45) is 84.6 Å². The molecule has 14 heteroatoms. The van der Waals surface area contributed by atoms with E-state index >= 15 is 0 Å². The Bertz CT molecular complexity index is 1940. The predicted octanol–water partition coefficient (Wildman–Crippen LogP) is 22.6. The van der Waals surface area contributed by atoms with Crippen LogP contribution in [0.25, 0.3) is 0 Å². The van der Waals surface area contributed by atoms with Gasteiger partial charge in [-0.3, -0.25) is 24.0 Å². The second-order valence-corrected chi connectivity index (χ2v) is 38.4. The second-order valence-electron chi connectivity index (χ2n) is 38.4. The Labute approximate surface area is 602 Å². The molecule has 2 rings (SSSR count). The van der Waals surface area contributed by atoms with E-state index in [0.717, 1.165) is 83.0 Å². The van der Waals surface area contributed by atoms with E-state index in [1.807, 2.05) is 83.1 Å². The van der Waals surface area contributed by atoms with Gasteiger partial charge in [0.1, 0.15) is 12.6 Å². The summed E-state index contributed by atoms with van der Waals surface area (Å²) in [6, 6.07) is -0.486. The molecule has 0 bridgehead atoms. The summed E-state index contributed by atoms with van der Waals surface area (Å²) in [5.41, 5.74) is 8.07. The number of nitrogens with two attached hydrogens (primary N) is 1. The minimum atomic E-state index is -0.486. The summed E-state index contributed by atoms with van der Waals surface area (Å²) >= 11 is 0. The molecule has 2 saturated carbocycles. The third-order valence-corrected chi connectivity index (χ3v) is 15.6. The number of hydrogen-bond donors (Lipinski definition) is 1. The van der Waals surface area contributed by atoms with Crippen LogP contribution in [0.15, 0.2) is 0 Å². The van der Waals surface area contributed by atoms with Crippen molar-refractivity contribution < 1.29 is 61.9 Å². The molecule has 0 heterocycles. The van der Waals surface area contributed by atoms with Gasteiger partial charge < -0.3 is 38.9 Å². The zero-order valence-electron chi connectivity index (χ0n) is 71.1. The molecule has 582 valence electrons. The average molecular weight is 1390 g/mol. The number of hydrogen-bond acceptors (Lipinski definition) is 14. The lowest BCUT2D eigenvalue weighted by molar-refractivity contribution is -0.154. The van der Waals surface area contributed by atoms with Gasteiger partial charge in [-0.25, -0.2) is 4.79 Å². The lowest BCUT2D eigenvalue weighted by Gasteiger charge is -2.24. The number of carbonyl (C=O) groups excluding carboxylic acids is 6. The third-order valence-electron chi connectivity index (χ3n) is 15.6. The highest BCUT2D eigenvalue weighted by Gasteiger charge is 2.28. The van der Waals surface area contributed by atoms with Crippen LogP contribution in [0.2, 0.25) is 0 Å². The molecular formula is C83H167NO13. The first-order valence-electron chi connectivity index (χ1n) is 38.0. The highest BCUT2D eigenvalue weighted by Crippen LogP contribution is 2.30. The van der Waals surface area contributed by atoms with E-state index in [1.165, 1.54) is 32.1 Å². The van der Waals surface area contributed by atoms with Crippen LogP contribution in [-0.2, 0) is 61.9 Å². The fourth-order valence-corrected chi connectivity index (χ4v) is 8.30. The number of ether oxygens (including phenoxy) is 7. The van der Waals surface area contributed by atoms with E-state index in [2.05, 4.69) is 166 Å². The smallest absolute Gasteiger partial charge is 0.332 e. The van der Waals surface area contributed by atoms with Gasteiger partial charge in [-0.05, 0) is 152 Å². The summed E-state index contributed by atoms with van der Waals surface area (Å²) in [6.07, 6.45) is 18.5. The molecule has 2 aliphatic rings. The maximum absolute atomic E-state index is 11.7. The standard InChI is InChI=1S/2C13H24O2.C12H25NO2.2C11H22O2.C10H20O3.C7H16.C6H14/c1-10(9-13(2,3)4)15-12(14)11-7-5-6-8-11;1-13(2,3)9-6-10-15-12(14)11-7-4-5-8-11;1-9(2)10(13)11(14)15-8-6-7-12(3,4)5;1-8(2)10(12)13-9(3)7-11(4,5)6;1-9(2)8-10(12)13-7-6-11(3,4)5;1-5-6-12-7-9(11)13-8-10(2,3)4;1-6(2)7(3,4)5;1-5-6(2,3)4/h10-11H,5-9H2,1-4H3;11H,4-10H2,1-3H3;9-10H,6-8,13H2,1-5H3;8-9H,7H2,1-6H3;9H,6-8H2,1-5H3;5-8H2,1-4H3;6H,1-5H3;5H2,1-4H3. The Kier molecular flexibility index (Phi) is 57.8. The molecule has 0 aliphatic heterocycles. The van der Waals surface area contributed by atoms with E-state index in [-0.39, 0.29) is 100.0 Å². The summed E-state index contributed by atoms with van der Waals surface area (Å²) in [7, 11) is 0. The predicted molar refractivity (Wildman–Crippen MR) is 410 cm³/mol. The molecule has 2 aliphatic carbocycles. The Hall–Kier alpha value is -3.26. The van der Waals surface area contributed by atoms with E-state index in [0.29, 0.717) is 67.0 Å². The summed E-state index contributed by atoms with van der Waals surface area (Å²) in [5.74, 6) is 1.05. The Morgan fingerprint density at radius 1 is 0.423 bits per heavy atom. The molecule has 2 fully saturated rings. The van der Waals surface area contributed by atoms with Gasteiger partial charge in [-0.1, -0.05) is 268 Å². The molecule has 0 aromatic carbocycles. The van der Waals surface area contributed by atoms with Crippen molar-refractivity contribution in [3.05, 3.63) is 0 Å². The summed E-state index contributed by atoms with van der Waals surface area (Å²) in [4.78, 5) is 68.0. The van der Waals surface area contributed by atoms with E-state index < -0.39 is 6.04 Å². The zero-order valence-corrected chi connectivity index (χ0v) is 71.1. The first-order chi connectivity index (χ1) is 43.6. The molecule has 0 aromatic rings. The molecule has 14 nitrogen and oxygen atoms in total. The number of carbonyl (C=O) groups is 6. The second kappa shape index (κ2) is 53.5. The van der Waals surface area contributed by atoms with Crippen LogP contribution in [-0.4, -0.2) is 93.7 Å². The van der Waals surface area contributed by atoms with Gasteiger partial charge in [-0.2, -0.15) is 0 Å². The third kappa shape index (κ3) is 83.3. The van der Waals surface area contributed by atoms with Crippen LogP contribution in [0.5, 0.6) is 0 Å². The van der Waals surface area contributed by atoms with Crippen molar-refractivity contribution in [1.82, 2.24) is 0 Å². The van der Waals surface area contributed by atoms with Crippen molar-refractivity contribution in [1.29, 1.82) is 0 Å². The van der Waals surface area contributed by atoms with E-state index in [1.54, 1.807) is 0 Å². The van der Waals surface area contributed by atoms with E-state index in [4.69, 9.17) is 38.9 Å². The zero-order chi connectivity index (χ0) is 77.6. The summed E-state index contributed by atoms with van der Waals surface area (Å²) in [6.45, 7) is 79.1. The highest BCUT2D eigenvalue weighted by atomic mass is 16.6. The molecular weight excluding hydrogens is 1220 g/mol. The highest BCUT2D eigenvalue weighted by molar-refractivity contribution is 5.76. The van der Waals surface area contributed by atoms with Gasteiger partial charge in [0.2, 0.25) is 0 Å². The molecule has 3 unspecified atom stereocenters. The van der Waals surface area contributed by atoms with E-state index in [9.17, 15) is 28.8 Å². The van der Waals surface area contributed by atoms with Crippen LogP contribution < -0.4 is 5.73 Å². The molecule has 0 spiro atoms. The van der Waals surface area contributed by atoms with Crippen molar-refractivity contribution in [2.75, 3.05) is 39.6 Å². The van der Waals surface area contributed by atoms with Crippen LogP contribution in [0.1, 0.15) is 365 Å². The monoisotopic (exact) mass is 1390 g/mol. The largest absolute Gasteiger partial charge is 0.466 e. The van der Waals surface area contributed by atoms with Crippen LogP contribution in [0.3, 0.4) is 0 Å². The molecule has 0 radical (unpaired) electrons. The van der Waals surface area contributed by atoms with Gasteiger partial charge in [0.15, 0.2) is 0 Å². The molecule has 0 amide bonds. The van der Waals surface area contributed by atoms with Gasteiger partial charge in [0.05, 0.1) is 56.4 Å². The Balaban J connectivity index is -0.000000247. The van der Waals surface area contributed by atoms with Gasteiger partial charge in [0.25, 0.3) is 0 Å². The Morgan fingerprint density at radius 2 is 0.804 bits per heavy atom. The summed E-state index contributed by atoms with van der Waals surface area (Å²) in [5, 5.41) is 0. The normalized spacial score (nSPS) is 14.8. The summed E-state index contributed by atoms with van der Waals surface area (Å²) < 4.78 is 36.2. The van der Waals surface area contributed by atoms with Crippen molar-refractivity contribution in [3.63, 3.8) is 0 Å². The minimum absolute atomic E-state index is 0.0231. The van der Waals surface area contributed by atoms with Gasteiger partial charge in [-0.15, -0.1) is 0 Å². The van der Waals surface area contributed by atoms with Crippen molar-refractivity contribution in [2.45, 2.75) is 383 Å². The quantitative estimate of drug-likeness (QED) is 0.0545. The van der Waals surface area contributed by atoms with Crippen LogP contribution in [0.4, 0.5) is 0 Å². The molecule has 0 saturated heterocycles. The van der Waals surface area contributed by atoms with Crippen LogP contribution >= 0.6 is 0 Å². The lowest BCUT2D eigenvalue weighted by atomic mass is 9.84. The fraction of sp³-hybridized carbons (Fsp3) is 0.928. The molecule has 0 aromatic heterocycles. The minimum Gasteiger partial charge on any atom is -0.466 e. The first kappa shape index (κ1) is 105. The fourth-order valence-electron chi connectivity index (χ4n) is 8.30. The molecule has 3 atom stereocenters. The topological polar surface area (TPSA) is 193 Å². The SMILES string of the molecule is CC(C)(C)CCCOC(=O)C1CCCC1.CC(C)C(C)(C)C.CC(C)C(N)C(=O)OCCCC(C)(C)C.CC(C)CC(=O)OCCC(C)(C)C.CC(CC(C)(C)C)OC(=O)C(C)C.CC(CC(C)(C)C)OC(=O)C1CCCC1.CCC(C)(C)C.CCCOCC(=O)OCC(C)(C)C. The Morgan fingerprint density at radius 3 is 1.12 bits per heavy atom. The number of rotatable bonds is 24. The molecule has 97 heavy (non-hydrogen) atoms. The lowest BCUT2D eigenvalue weighted by Crippen LogP contribution is -2.37. The number of esters is 6. The van der Waals surface area contributed by atoms with Gasteiger partial charge in [0, 0.05) is 13.0 Å². The first-order valence-corrected chi connectivity index (χ1v) is 38.0. The molecule has 2 N–H and O–H groups in total. The van der Waals surface area contributed by atoms with Crippen molar-refractivity contribution in [3.8, 4) is 0 Å². The maximum Gasteiger partial charge on any atom is 0.332 e. The average Bonchev–Trinajstić information content (AvgIpc) is 2.00. The maximum atomic E-state index is 11.7. The van der Waals surface area contributed by atoms with Gasteiger partial charge >= 0.3 is 35.8 Å². The van der Waals surface area contributed by atoms with Crippen LogP contribution in [0, 0.1) is 78.8 Å².